The molecule has 1 amide bonds. The molecule has 0 rings (SSSR count). The standard InChI is InChI=1S/C18H41NO3Si2/c1-13(2)14(21-23(9,10)17(3,4)5)15(16(19)20)22-24(11,12)18(6,7)8/h13-15H,1-12H3,(H2,19,20)/t14-,15+/m1/s1. The molecule has 0 aliphatic rings. The summed E-state index contributed by atoms with van der Waals surface area (Å²) in [5.74, 6) is -0.265. The Hall–Kier alpha value is -0.176. The topological polar surface area (TPSA) is 61.6 Å². The zero-order valence-electron chi connectivity index (χ0n) is 18.0. The number of nitrogens with two attached hydrogens (primary N) is 1. The molecule has 0 bridgehead atoms. The van der Waals surface area contributed by atoms with Crippen molar-refractivity contribution in [3.8, 4) is 0 Å². The van der Waals surface area contributed by atoms with Crippen molar-refractivity contribution in [2.75, 3.05) is 0 Å². The lowest BCUT2D eigenvalue weighted by molar-refractivity contribution is -0.131. The Bertz CT molecular complexity index is 435. The van der Waals surface area contributed by atoms with Crippen LogP contribution in [0.2, 0.25) is 36.3 Å². The van der Waals surface area contributed by atoms with Crippen LogP contribution in [-0.4, -0.2) is 34.7 Å². The molecule has 0 radical (unpaired) electrons. The summed E-state index contributed by atoms with van der Waals surface area (Å²) in [6, 6.07) is 0. The van der Waals surface area contributed by atoms with Crippen molar-refractivity contribution in [2.45, 2.75) is 104 Å². The highest BCUT2D eigenvalue weighted by Crippen LogP contribution is 2.41. The first-order chi connectivity index (χ1) is 10.3. The Morgan fingerprint density at radius 1 is 0.833 bits per heavy atom. The van der Waals surface area contributed by atoms with E-state index < -0.39 is 28.6 Å². The molecule has 0 saturated carbocycles. The van der Waals surface area contributed by atoms with Crippen LogP contribution in [0.1, 0.15) is 55.4 Å². The lowest BCUT2D eigenvalue weighted by Gasteiger charge is -2.45. The Kier molecular flexibility index (Phi) is 7.54. The number of primary amides is 1. The van der Waals surface area contributed by atoms with Gasteiger partial charge in [0.25, 0.3) is 0 Å². The second-order valence-corrected chi connectivity index (χ2v) is 19.8. The van der Waals surface area contributed by atoms with Gasteiger partial charge in [0, 0.05) is 0 Å². The first-order valence-electron chi connectivity index (χ1n) is 8.98. The lowest BCUT2D eigenvalue weighted by atomic mass is 10.0. The third-order valence-corrected chi connectivity index (χ3v) is 14.6. The fourth-order valence-corrected chi connectivity index (χ4v) is 4.51. The maximum Gasteiger partial charge on any atom is 0.248 e. The number of carbonyl (C=O) groups excluding carboxylic acids is 1. The van der Waals surface area contributed by atoms with Crippen LogP contribution < -0.4 is 5.73 Å². The maximum atomic E-state index is 12.2. The summed E-state index contributed by atoms with van der Waals surface area (Å²) in [6.45, 7) is 25.9. The molecule has 4 nitrogen and oxygen atoms in total. The van der Waals surface area contributed by atoms with Crippen molar-refractivity contribution in [1.29, 1.82) is 0 Å². The average molecular weight is 376 g/mol. The molecule has 144 valence electrons. The normalized spacial score (nSPS) is 17.0. The van der Waals surface area contributed by atoms with Crippen molar-refractivity contribution in [3.05, 3.63) is 0 Å². The lowest BCUT2D eigenvalue weighted by Crippen LogP contribution is -2.57. The molecule has 0 unspecified atom stereocenters. The molecular weight excluding hydrogens is 334 g/mol. The second-order valence-electron chi connectivity index (χ2n) is 10.3. The van der Waals surface area contributed by atoms with Gasteiger partial charge in [0.15, 0.2) is 16.6 Å². The Balaban J connectivity index is 5.69. The summed E-state index contributed by atoms with van der Waals surface area (Å²) < 4.78 is 13.0. The van der Waals surface area contributed by atoms with Crippen LogP contribution in [0.4, 0.5) is 0 Å². The van der Waals surface area contributed by atoms with Crippen molar-refractivity contribution in [2.24, 2.45) is 11.7 Å². The molecule has 2 atom stereocenters. The van der Waals surface area contributed by atoms with E-state index in [9.17, 15) is 4.79 Å². The Morgan fingerprint density at radius 2 is 1.17 bits per heavy atom. The van der Waals surface area contributed by atoms with Gasteiger partial charge < -0.3 is 14.6 Å². The van der Waals surface area contributed by atoms with E-state index in [2.05, 4.69) is 81.6 Å². The van der Waals surface area contributed by atoms with E-state index >= 15 is 0 Å². The van der Waals surface area contributed by atoms with Gasteiger partial charge in [-0.1, -0.05) is 55.4 Å². The van der Waals surface area contributed by atoms with Gasteiger partial charge in [-0.15, -0.1) is 0 Å². The highest BCUT2D eigenvalue weighted by molar-refractivity contribution is 6.74. The first kappa shape index (κ1) is 23.8. The largest absolute Gasteiger partial charge is 0.411 e. The number of carbonyl (C=O) groups is 1. The molecule has 0 spiro atoms. The van der Waals surface area contributed by atoms with Crippen molar-refractivity contribution < 1.29 is 13.6 Å². The number of hydrogen-bond donors (Lipinski definition) is 1. The molecule has 0 heterocycles. The molecule has 0 aromatic heterocycles. The minimum Gasteiger partial charge on any atom is -0.411 e. The van der Waals surface area contributed by atoms with E-state index in [-0.39, 0.29) is 22.1 Å². The van der Waals surface area contributed by atoms with E-state index in [1.165, 1.54) is 0 Å². The highest BCUT2D eigenvalue weighted by atomic mass is 28.4. The summed E-state index contributed by atoms with van der Waals surface area (Å²) >= 11 is 0. The van der Waals surface area contributed by atoms with E-state index in [1.807, 2.05) is 0 Å². The van der Waals surface area contributed by atoms with Crippen LogP contribution in [-0.2, 0) is 13.6 Å². The molecule has 6 heteroatoms. The SMILES string of the molecule is CC(C)[C@@H](O[Si](C)(C)C(C)(C)C)[C@H](O[Si](C)(C)C(C)(C)C)C(N)=O. The quantitative estimate of drug-likeness (QED) is 0.643. The molecule has 0 aromatic carbocycles. The second kappa shape index (κ2) is 7.60. The third kappa shape index (κ3) is 5.97. The summed E-state index contributed by atoms with van der Waals surface area (Å²) in [4.78, 5) is 12.2. The van der Waals surface area contributed by atoms with Crippen LogP contribution in [0.25, 0.3) is 0 Å². The molecular formula is C18H41NO3Si2. The third-order valence-electron chi connectivity index (χ3n) is 5.70. The monoisotopic (exact) mass is 375 g/mol. The molecule has 0 aromatic rings. The van der Waals surface area contributed by atoms with Gasteiger partial charge in [-0.3, -0.25) is 4.79 Å². The average Bonchev–Trinajstić information content (AvgIpc) is 2.29. The summed E-state index contributed by atoms with van der Waals surface area (Å²) in [6.07, 6.45) is -1.00. The van der Waals surface area contributed by atoms with E-state index in [4.69, 9.17) is 14.6 Å². The summed E-state index contributed by atoms with van der Waals surface area (Å²) in [5, 5.41) is 0.0819. The fraction of sp³-hybridized carbons (Fsp3) is 0.944. The van der Waals surface area contributed by atoms with Crippen molar-refractivity contribution in [3.63, 3.8) is 0 Å². The number of rotatable bonds is 7. The smallest absolute Gasteiger partial charge is 0.248 e. The van der Waals surface area contributed by atoms with Crippen LogP contribution >= 0.6 is 0 Å². The van der Waals surface area contributed by atoms with Crippen molar-refractivity contribution in [1.82, 2.24) is 0 Å². The molecule has 2 N–H and O–H groups in total. The zero-order valence-corrected chi connectivity index (χ0v) is 20.0. The Labute approximate surface area is 152 Å². The highest BCUT2D eigenvalue weighted by Gasteiger charge is 2.46. The zero-order chi connectivity index (χ0) is 19.7. The van der Waals surface area contributed by atoms with E-state index in [1.54, 1.807) is 0 Å². The van der Waals surface area contributed by atoms with Crippen LogP contribution in [0.15, 0.2) is 0 Å². The molecule has 0 aliphatic heterocycles. The van der Waals surface area contributed by atoms with Gasteiger partial charge in [0.05, 0.1) is 6.10 Å². The van der Waals surface area contributed by atoms with Crippen LogP contribution in [0.3, 0.4) is 0 Å². The van der Waals surface area contributed by atoms with Crippen LogP contribution in [0, 0.1) is 5.92 Å². The fourth-order valence-electron chi connectivity index (χ4n) is 1.85. The van der Waals surface area contributed by atoms with Gasteiger partial charge in [0.2, 0.25) is 5.91 Å². The first-order valence-corrected chi connectivity index (χ1v) is 14.8. The molecule has 24 heavy (non-hydrogen) atoms. The predicted octanol–water partition coefficient (Wildman–Crippen LogP) is 4.91. The van der Waals surface area contributed by atoms with Gasteiger partial charge in [-0.2, -0.15) is 0 Å². The summed E-state index contributed by atoms with van der Waals surface area (Å²) in [5.41, 5.74) is 5.75. The molecule has 0 saturated heterocycles. The van der Waals surface area contributed by atoms with Gasteiger partial charge in [0.1, 0.15) is 6.10 Å². The van der Waals surface area contributed by atoms with Crippen molar-refractivity contribution >= 4 is 22.5 Å². The number of hydrogen-bond acceptors (Lipinski definition) is 3. The minimum atomic E-state index is -2.13. The van der Waals surface area contributed by atoms with Gasteiger partial charge >= 0.3 is 0 Å². The molecule has 0 aliphatic carbocycles. The Morgan fingerprint density at radius 3 is 1.42 bits per heavy atom. The van der Waals surface area contributed by atoms with Gasteiger partial charge in [-0.25, -0.2) is 0 Å². The number of amides is 1. The summed E-state index contributed by atoms with van der Waals surface area (Å²) in [7, 11) is -4.16. The van der Waals surface area contributed by atoms with Crippen LogP contribution in [0.5, 0.6) is 0 Å². The minimum absolute atomic E-state index is 0.0131. The molecule has 0 fully saturated rings. The maximum absolute atomic E-state index is 12.2. The predicted molar refractivity (Wildman–Crippen MR) is 108 cm³/mol. The van der Waals surface area contributed by atoms with E-state index in [0.29, 0.717) is 0 Å². The van der Waals surface area contributed by atoms with Gasteiger partial charge in [-0.05, 0) is 42.2 Å². The van der Waals surface area contributed by atoms with E-state index in [0.717, 1.165) is 0 Å².